The summed E-state index contributed by atoms with van der Waals surface area (Å²) >= 11 is 1.29. The molecule has 0 aromatic rings. The summed E-state index contributed by atoms with van der Waals surface area (Å²) < 4.78 is 9.36. The Hall–Kier alpha value is -1.44. The fourth-order valence-electron chi connectivity index (χ4n) is 1.42. The number of carboxylic acids is 1. The number of hydrogen-bond acceptors (Lipinski definition) is 6. The van der Waals surface area contributed by atoms with E-state index in [4.69, 9.17) is 9.84 Å². The lowest BCUT2D eigenvalue weighted by molar-refractivity contribution is -0.162. The molecule has 0 aromatic heterocycles. The first kappa shape index (κ1) is 19.6. The molecule has 0 spiro atoms. The van der Waals surface area contributed by atoms with Crippen LogP contribution in [0, 0.1) is 0 Å². The zero-order valence-electron chi connectivity index (χ0n) is 12.6. The number of carbonyl (C=O) groups excluding carboxylic acids is 2. The van der Waals surface area contributed by atoms with Crippen molar-refractivity contribution >= 4 is 29.8 Å². The van der Waals surface area contributed by atoms with Gasteiger partial charge in [0.1, 0.15) is 5.25 Å². The standard InChI is InChI=1S/C13H23NO6S/c1-4-5-6-7-21-11(12(16)17)8-14-13(18)20-10(3)19-9(2)15/h10-11H,4-8H2,1-3H3,(H,14,18)(H,16,17)/t10-,11-/m0/s1. The van der Waals surface area contributed by atoms with Gasteiger partial charge in [0, 0.05) is 20.4 Å². The summed E-state index contributed by atoms with van der Waals surface area (Å²) in [4.78, 5) is 33.1. The molecule has 0 saturated heterocycles. The van der Waals surface area contributed by atoms with E-state index in [0.717, 1.165) is 25.0 Å². The van der Waals surface area contributed by atoms with Gasteiger partial charge in [0.25, 0.3) is 0 Å². The van der Waals surface area contributed by atoms with Crippen LogP contribution in [0.1, 0.15) is 40.0 Å². The summed E-state index contributed by atoms with van der Waals surface area (Å²) in [5, 5.41) is 10.7. The highest BCUT2D eigenvalue weighted by Gasteiger charge is 2.20. The Kier molecular flexibility index (Phi) is 10.5. The van der Waals surface area contributed by atoms with Crippen LogP contribution in [0.5, 0.6) is 0 Å². The molecule has 0 unspecified atom stereocenters. The van der Waals surface area contributed by atoms with Gasteiger partial charge in [-0.05, 0) is 12.2 Å². The second-order valence-electron chi connectivity index (χ2n) is 4.37. The SMILES string of the molecule is CCCCCS[C@@H](CNC(=O)O[C@@H](C)OC(C)=O)C(=O)O. The van der Waals surface area contributed by atoms with Crippen molar-refractivity contribution in [2.24, 2.45) is 0 Å². The average molecular weight is 321 g/mol. The Bertz CT molecular complexity index is 350. The highest BCUT2D eigenvalue weighted by atomic mass is 32.2. The summed E-state index contributed by atoms with van der Waals surface area (Å²) in [6, 6.07) is 0. The van der Waals surface area contributed by atoms with Gasteiger partial charge in [-0.3, -0.25) is 9.59 Å². The lowest BCUT2D eigenvalue weighted by Gasteiger charge is -2.16. The summed E-state index contributed by atoms with van der Waals surface area (Å²) in [5.41, 5.74) is 0. The molecule has 2 atom stereocenters. The topological polar surface area (TPSA) is 102 Å². The van der Waals surface area contributed by atoms with Crippen molar-refractivity contribution in [2.75, 3.05) is 12.3 Å². The van der Waals surface area contributed by atoms with E-state index >= 15 is 0 Å². The second-order valence-corrected chi connectivity index (χ2v) is 5.68. The van der Waals surface area contributed by atoms with Crippen molar-refractivity contribution in [1.29, 1.82) is 0 Å². The minimum atomic E-state index is -1.01. The van der Waals surface area contributed by atoms with Crippen LogP contribution in [0.4, 0.5) is 4.79 Å². The van der Waals surface area contributed by atoms with Gasteiger partial charge < -0.3 is 19.9 Å². The number of thioether (sulfide) groups is 1. The highest BCUT2D eigenvalue weighted by Crippen LogP contribution is 2.13. The number of hydrogen-bond donors (Lipinski definition) is 2. The Morgan fingerprint density at radius 1 is 1.24 bits per heavy atom. The van der Waals surface area contributed by atoms with E-state index in [-0.39, 0.29) is 6.54 Å². The molecule has 0 rings (SSSR count). The predicted octanol–water partition coefficient (Wildman–Crippen LogP) is 2.00. The highest BCUT2D eigenvalue weighted by molar-refractivity contribution is 8.00. The van der Waals surface area contributed by atoms with Gasteiger partial charge in [-0.1, -0.05) is 19.8 Å². The van der Waals surface area contributed by atoms with Gasteiger partial charge in [0.15, 0.2) is 0 Å². The molecule has 7 nitrogen and oxygen atoms in total. The second kappa shape index (κ2) is 11.2. The van der Waals surface area contributed by atoms with Crippen molar-refractivity contribution in [3.05, 3.63) is 0 Å². The number of aliphatic carboxylic acids is 1. The summed E-state index contributed by atoms with van der Waals surface area (Å²) in [5.74, 6) is -0.819. The largest absolute Gasteiger partial charge is 0.480 e. The molecular weight excluding hydrogens is 298 g/mol. The molecule has 0 fully saturated rings. The van der Waals surface area contributed by atoms with E-state index in [2.05, 4.69) is 17.0 Å². The van der Waals surface area contributed by atoms with Crippen molar-refractivity contribution in [2.45, 2.75) is 51.6 Å². The lowest BCUT2D eigenvalue weighted by atomic mass is 10.3. The quantitative estimate of drug-likeness (QED) is 0.360. The summed E-state index contributed by atoms with van der Waals surface area (Å²) in [6.07, 6.45) is 1.23. The van der Waals surface area contributed by atoms with E-state index in [0.29, 0.717) is 0 Å². The predicted molar refractivity (Wildman–Crippen MR) is 79.1 cm³/mol. The van der Waals surface area contributed by atoms with E-state index in [1.54, 1.807) is 0 Å². The zero-order chi connectivity index (χ0) is 16.3. The van der Waals surface area contributed by atoms with Crippen LogP contribution in [0.25, 0.3) is 0 Å². The van der Waals surface area contributed by atoms with Crippen LogP contribution in [0.15, 0.2) is 0 Å². The Balaban J connectivity index is 4.03. The molecule has 0 bridgehead atoms. The molecule has 21 heavy (non-hydrogen) atoms. The van der Waals surface area contributed by atoms with Crippen LogP contribution in [-0.4, -0.2) is 47.0 Å². The molecule has 0 saturated carbocycles. The van der Waals surface area contributed by atoms with Crippen LogP contribution in [0.3, 0.4) is 0 Å². The first-order valence-electron chi connectivity index (χ1n) is 6.82. The maximum absolute atomic E-state index is 11.4. The Labute approximate surface area is 128 Å². The first-order valence-corrected chi connectivity index (χ1v) is 7.87. The molecule has 1 amide bonds. The van der Waals surface area contributed by atoms with Gasteiger partial charge in [0.2, 0.25) is 6.29 Å². The normalized spacial score (nSPS) is 13.1. The molecule has 0 radical (unpaired) electrons. The van der Waals surface area contributed by atoms with Crippen LogP contribution in [-0.2, 0) is 19.1 Å². The minimum Gasteiger partial charge on any atom is -0.480 e. The molecule has 0 aliphatic rings. The van der Waals surface area contributed by atoms with E-state index in [9.17, 15) is 14.4 Å². The number of nitrogens with one attached hydrogen (secondary N) is 1. The van der Waals surface area contributed by atoms with Crippen LogP contribution >= 0.6 is 11.8 Å². The van der Waals surface area contributed by atoms with Gasteiger partial charge in [-0.2, -0.15) is 0 Å². The first-order chi connectivity index (χ1) is 9.86. The number of ether oxygens (including phenoxy) is 2. The maximum atomic E-state index is 11.4. The number of unbranched alkanes of at least 4 members (excludes halogenated alkanes) is 2. The fourth-order valence-corrected chi connectivity index (χ4v) is 2.42. The third-order valence-corrected chi connectivity index (χ3v) is 3.67. The third-order valence-electron chi connectivity index (χ3n) is 2.38. The van der Waals surface area contributed by atoms with E-state index in [1.807, 2.05) is 0 Å². The van der Waals surface area contributed by atoms with Gasteiger partial charge in [0.05, 0.1) is 0 Å². The maximum Gasteiger partial charge on any atom is 0.410 e. The average Bonchev–Trinajstić information content (AvgIpc) is 2.36. The van der Waals surface area contributed by atoms with Gasteiger partial charge >= 0.3 is 18.0 Å². The Morgan fingerprint density at radius 2 is 1.90 bits per heavy atom. The molecule has 122 valence electrons. The van der Waals surface area contributed by atoms with Crippen LogP contribution < -0.4 is 5.32 Å². The molecular formula is C13H23NO6S. The lowest BCUT2D eigenvalue weighted by Crippen LogP contribution is -2.37. The van der Waals surface area contributed by atoms with Crippen molar-refractivity contribution < 1.29 is 29.0 Å². The van der Waals surface area contributed by atoms with Crippen molar-refractivity contribution in [3.63, 3.8) is 0 Å². The van der Waals surface area contributed by atoms with Crippen molar-refractivity contribution in [1.82, 2.24) is 5.32 Å². The van der Waals surface area contributed by atoms with Crippen molar-refractivity contribution in [3.8, 4) is 0 Å². The molecule has 8 heteroatoms. The fraction of sp³-hybridized carbons (Fsp3) is 0.769. The number of rotatable bonds is 10. The number of esters is 1. The number of amides is 1. The summed E-state index contributed by atoms with van der Waals surface area (Å²) in [6.45, 7) is 4.62. The molecule has 2 N–H and O–H groups in total. The monoisotopic (exact) mass is 321 g/mol. The summed E-state index contributed by atoms with van der Waals surface area (Å²) in [7, 11) is 0. The molecule has 0 aliphatic carbocycles. The molecule has 0 aromatic carbocycles. The zero-order valence-corrected chi connectivity index (χ0v) is 13.4. The van der Waals surface area contributed by atoms with Gasteiger partial charge in [-0.25, -0.2) is 4.79 Å². The van der Waals surface area contributed by atoms with E-state index in [1.165, 1.54) is 25.6 Å². The number of carboxylic acid groups (broad SMARTS) is 1. The molecule has 0 heterocycles. The van der Waals surface area contributed by atoms with Gasteiger partial charge in [-0.15, -0.1) is 11.8 Å². The number of alkyl carbamates (subject to hydrolysis) is 1. The Morgan fingerprint density at radius 3 is 2.43 bits per heavy atom. The third kappa shape index (κ3) is 10.9. The molecule has 0 aliphatic heterocycles. The number of carbonyl (C=O) groups is 3. The van der Waals surface area contributed by atoms with E-state index < -0.39 is 29.6 Å². The minimum absolute atomic E-state index is 0.0439. The smallest absolute Gasteiger partial charge is 0.410 e. The van der Waals surface area contributed by atoms with Crippen LogP contribution in [0.2, 0.25) is 0 Å².